The molecule has 0 aliphatic rings. The second kappa shape index (κ2) is 15.8. The first-order valence-corrected chi connectivity index (χ1v) is 8.33. The molecule has 0 aliphatic heterocycles. The highest BCUT2D eigenvalue weighted by molar-refractivity contribution is 7.79. The number of hydrogen-bond donors (Lipinski definition) is 3. The summed E-state index contributed by atoms with van der Waals surface area (Å²) in [5, 5.41) is 0. The molecule has 0 saturated heterocycles. The fraction of sp³-hybridized carbons (Fsp3) is 1.00. The summed E-state index contributed by atoms with van der Waals surface area (Å²) in [6.45, 7) is 2.98. The monoisotopic (exact) mass is 299 g/mol. The lowest BCUT2D eigenvalue weighted by Gasteiger charge is -2.01. The van der Waals surface area contributed by atoms with Crippen molar-refractivity contribution in [2.45, 2.75) is 71.1 Å². The Kier molecular flexibility index (Phi) is 17.6. The number of hydrogen-bond acceptors (Lipinski definition) is 4. The molecular formula is C12H29NO5S. The van der Waals surface area contributed by atoms with Crippen LogP contribution >= 0.6 is 0 Å². The molecule has 0 aromatic carbocycles. The Balaban J connectivity index is 0. The van der Waals surface area contributed by atoms with Gasteiger partial charge in [-0.25, -0.2) is 5.90 Å². The van der Waals surface area contributed by atoms with Crippen LogP contribution in [-0.4, -0.2) is 24.1 Å². The first kappa shape index (κ1) is 21.1. The van der Waals surface area contributed by atoms with Crippen molar-refractivity contribution in [2.75, 3.05) is 6.61 Å². The molecule has 6 nitrogen and oxygen atoms in total. The van der Waals surface area contributed by atoms with E-state index in [2.05, 4.69) is 11.8 Å². The van der Waals surface area contributed by atoms with Crippen molar-refractivity contribution in [2.24, 2.45) is 5.90 Å². The molecule has 4 N–H and O–H groups in total. The second-order valence-corrected chi connectivity index (χ2v) is 5.40. The summed E-state index contributed by atoms with van der Waals surface area (Å²) < 4.78 is 31.6. The lowest BCUT2D eigenvalue weighted by atomic mass is 10.1. The van der Waals surface area contributed by atoms with Crippen LogP contribution in [0.5, 0.6) is 0 Å². The van der Waals surface area contributed by atoms with E-state index in [-0.39, 0.29) is 0 Å². The van der Waals surface area contributed by atoms with Crippen molar-refractivity contribution in [1.82, 2.24) is 0 Å². The standard InChI is InChI=1S/C12H27NO.H2O4S/c1-2-3-4-5-6-7-8-9-10-11-12-14-13;1-5(2,3)4/h2-13H2,1H3;(H2,1,2,3,4). The molecule has 0 unspecified atom stereocenters. The zero-order valence-corrected chi connectivity index (χ0v) is 12.7. The van der Waals surface area contributed by atoms with E-state index in [4.69, 9.17) is 23.4 Å². The van der Waals surface area contributed by atoms with Crippen LogP contribution in [-0.2, 0) is 15.2 Å². The smallest absolute Gasteiger partial charge is 0.305 e. The predicted molar refractivity (Wildman–Crippen MR) is 76.2 cm³/mol. The topological polar surface area (TPSA) is 110 Å². The Labute approximate surface area is 117 Å². The Morgan fingerprint density at radius 1 is 0.842 bits per heavy atom. The van der Waals surface area contributed by atoms with Gasteiger partial charge in [0.2, 0.25) is 0 Å². The van der Waals surface area contributed by atoms with Crippen LogP contribution in [0.15, 0.2) is 0 Å². The Bertz CT molecular complexity index is 237. The van der Waals surface area contributed by atoms with Gasteiger partial charge in [0.15, 0.2) is 0 Å². The van der Waals surface area contributed by atoms with Crippen molar-refractivity contribution in [3.63, 3.8) is 0 Å². The van der Waals surface area contributed by atoms with Crippen LogP contribution in [0.4, 0.5) is 0 Å². The molecule has 0 bridgehead atoms. The van der Waals surface area contributed by atoms with Gasteiger partial charge in [-0.1, -0.05) is 64.7 Å². The van der Waals surface area contributed by atoms with Crippen molar-refractivity contribution in [1.29, 1.82) is 0 Å². The molecule has 0 aromatic heterocycles. The van der Waals surface area contributed by atoms with Gasteiger partial charge in [0.1, 0.15) is 0 Å². The molecule has 118 valence electrons. The molecular weight excluding hydrogens is 270 g/mol. The van der Waals surface area contributed by atoms with Gasteiger partial charge >= 0.3 is 10.4 Å². The fourth-order valence-corrected chi connectivity index (χ4v) is 1.67. The van der Waals surface area contributed by atoms with Crippen LogP contribution in [0.1, 0.15) is 71.1 Å². The van der Waals surface area contributed by atoms with Crippen molar-refractivity contribution in [3.8, 4) is 0 Å². The molecule has 19 heavy (non-hydrogen) atoms. The van der Waals surface area contributed by atoms with E-state index in [1.54, 1.807) is 0 Å². The maximum absolute atomic E-state index is 8.74. The minimum Gasteiger partial charge on any atom is -0.305 e. The molecule has 0 heterocycles. The van der Waals surface area contributed by atoms with Crippen LogP contribution in [0, 0.1) is 0 Å². The van der Waals surface area contributed by atoms with Crippen molar-refractivity contribution < 1.29 is 22.4 Å². The molecule has 0 aliphatic carbocycles. The highest BCUT2D eigenvalue weighted by Gasteiger charge is 1.92. The molecule has 0 fully saturated rings. The molecule has 7 heteroatoms. The third-order valence-corrected chi connectivity index (χ3v) is 2.62. The summed E-state index contributed by atoms with van der Waals surface area (Å²) in [7, 11) is -4.67. The molecule has 0 spiro atoms. The average Bonchev–Trinajstić information content (AvgIpc) is 2.29. The van der Waals surface area contributed by atoms with Gasteiger partial charge in [-0.3, -0.25) is 9.11 Å². The summed E-state index contributed by atoms with van der Waals surface area (Å²) in [5.74, 6) is 4.94. The van der Waals surface area contributed by atoms with E-state index >= 15 is 0 Å². The maximum Gasteiger partial charge on any atom is 0.394 e. The fourth-order valence-electron chi connectivity index (χ4n) is 1.67. The first-order valence-electron chi connectivity index (χ1n) is 6.93. The van der Waals surface area contributed by atoms with Gasteiger partial charge in [-0.15, -0.1) is 0 Å². The highest BCUT2D eigenvalue weighted by Crippen LogP contribution is 2.10. The molecule has 0 atom stereocenters. The molecule has 0 amide bonds. The summed E-state index contributed by atoms with van der Waals surface area (Å²) >= 11 is 0. The quantitative estimate of drug-likeness (QED) is 0.307. The van der Waals surface area contributed by atoms with E-state index in [9.17, 15) is 0 Å². The van der Waals surface area contributed by atoms with E-state index in [1.165, 1.54) is 57.8 Å². The van der Waals surface area contributed by atoms with Gasteiger partial charge in [0, 0.05) is 0 Å². The van der Waals surface area contributed by atoms with E-state index in [1.807, 2.05) is 0 Å². The van der Waals surface area contributed by atoms with Gasteiger partial charge in [0.05, 0.1) is 6.61 Å². The Hall–Kier alpha value is -0.210. The zero-order valence-electron chi connectivity index (χ0n) is 11.9. The Morgan fingerprint density at radius 2 is 1.16 bits per heavy atom. The van der Waals surface area contributed by atoms with Crippen LogP contribution in [0.25, 0.3) is 0 Å². The number of nitrogens with two attached hydrogens (primary N) is 1. The predicted octanol–water partition coefficient (Wildman–Crippen LogP) is 3.14. The van der Waals surface area contributed by atoms with Crippen LogP contribution < -0.4 is 5.90 Å². The summed E-state index contributed by atoms with van der Waals surface area (Å²) in [5.41, 5.74) is 0. The lowest BCUT2D eigenvalue weighted by Crippen LogP contribution is -2.00. The van der Waals surface area contributed by atoms with E-state index in [0.717, 1.165) is 13.0 Å². The average molecular weight is 299 g/mol. The normalized spacial score (nSPS) is 10.9. The SMILES string of the molecule is CCCCCCCCCCCCON.O=S(=O)(O)O. The summed E-state index contributed by atoms with van der Waals surface area (Å²) in [6, 6.07) is 0. The van der Waals surface area contributed by atoms with Gasteiger partial charge in [-0.05, 0) is 6.42 Å². The number of rotatable bonds is 11. The van der Waals surface area contributed by atoms with E-state index in [0.29, 0.717) is 0 Å². The molecule has 0 saturated carbocycles. The maximum atomic E-state index is 8.74. The number of unbranched alkanes of at least 4 members (excludes halogenated alkanes) is 9. The van der Waals surface area contributed by atoms with Gasteiger partial charge in [0.25, 0.3) is 0 Å². The third-order valence-electron chi connectivity index (χ3n) is 2.62. The third kappa shape index (κ3) is 38.1. The Morgan fingerprint density at radius 3 is 1.47 bits per heavy atom. The van der Waals surface area contributed by atoms with Gasteiger partial charge in [-0.2, -0.15) is 8.42 Å². The van der Waals surface area contributed by atoms with Crippen LogP contribution in [0.2, 0.25) is 0 Å². The lowest BCUT2D eigenvalue weighted by molar-refractivity contribution is 0.133. The minimum atomic E-state index is -4.67. The molecule has 0 aromatic rings. The van der Waals surface area contributed by atoms with Gasteiger partial charge < -0.3 is 4.84 Å². The zero-order chi connectivity index (χ0) is 15.0. The highest BCUT2D eigenvalue weighted by atomic mass is 32.3. The molecule has 0 radical (unpaired) electrons. The minimum absolute atomic E-state index is 0.719. The van der Waals surface area contributed by atoms with E-state index < -0.39 is 10.4 Å². The largest absolute Gasteiger partial charge is 0.394 e. The van der Waals surface area contributed by atoms with Crippen molar-refractivity contribution in [3.05, 3.63) is 0 Å². The summed E-state index contributed by atoms with van der Waals surface area (Å²) in [4.78, 5) is 4.51. The second-order valence-electron chi connectivity index (χ2n) is 4.50. The van der Waals surface area contributed by atoms with Crippen molar-refractivity contribution >= 4 is 10.4 Å². The molecule has 0 rings (SSSR count). The summed E-state index contributed by atoms with van der Waals surface area (Å²) in [6.07, 6.45) is 13.6. The van der Waals surface area contributed by atoms with Crippen LogP contribution in [0.3, 0.4) is 0 Å². The first-order chi connectivity index (χ1) is 8.91.